The average molecular weight is 296 g/mol. The fourth-order valence-electron chi connectivity index (χ4n) is 2.64. The van der Waals surface area contributed by atoms with Gasteiger partial charge in [0.1, 0.15) is 0 Å². The first-order chi connectivity index (χ1) is 9.43. The van der Waals surface area contributed by atoms with Crippen LogP contribution in [0.25, 0.3) is 0 Å². The number of carboxylic acids is 1. The molecule has 1 saturated carbocycles. The highest BCUT2D eigenvalue weighted by Crippen LogP contribution is 2.38. The molecular formula is C14H20N2O3S. The number of nitrogens with zero attached hydrogens (tertiary/aromatic N) is 1. The standard InChI is InChI=1S/C14H20N2O3S/c1-14(12(17)18)6-3-4-11(14)15-13(19)16(2)8-10-5-7-20-9-10/h5,7,9,11H,3-4,6,8H2,1-2H3,(H,15,19)(H,17,18). The Bertz CT molecular complexity index is 489. The third-order valence-electron chi connectivity index (χ3n) is 4.09. The minimum atomic E-state index is -0.848. The third kappa shape index (κ3) is 2.95. The van der Waals surface area contributed by atoms with Gasteiger partial charge in [-0.05, 0) is 42.2 Å². The molecule has 0 aromatic carbocycles. The Morgan fingerprint density at radius 3 is 2.95 bits per heavy atom. The van der Waals surface area contributed by atoms with E-state index in [0.29, 0.717) is 13.0 Å². The van der Waals surface area contributed by atoms with Gasteiger partial charge in [-0.2, -0.15) is 11.3 Å². The van der Waals surface area contributed by atoms with Gasteiger partial charge in [-0.25, -0.2) is 4.79 Å². The zero-order valence-corrected chi connectivity index (χ0v) is 12.6. The Kier molecular flexibility index (Phi) is 4.32. The first kappa shape index (κ1) is 14.8. The summed E-state index contributed by atoms with van der Waals surface area (Å²) in [6, 6.07) is 1.47. The van der Waals surface area contributed by atoms with Crippen LogP contribution in [0.15, 0.2) is 16.8 Å². The molecule has 1 fully saturated rings. The number of nitrogens with one attached hydrogen (secondary N) is 1. The summed E-state index contributed by atoms with van der Waals surface area (Å²) in [6.45, 7) is 2.25. The number of urea groups is 1. The van der Waals surface area contributed by atoms with Gasteiger partial charge in [0.15, 0.2) is 0 Å². The highest BCUT2D eigenvalue weighted by atomic mass is 32.1. The molecule has 0 radical (unpaired) electrons. The zero-order valence-electron chi connectivity index (χ0n) is 11.8. The fraction of sp³-hybridized carbons (Fsp3) is 0.571. The van der Waals surface area contributed by atoms with Gasteiger partial charge in [-0.1, -0.05) is 6.42 Å². The Morgan fingerprint density at radius 1 is 1.60 bits per heavy atom. The fourth-order valence-corrected chi connectivity index (χ4v) is 3.30. The number of thiophene rings is 1. The zero-order chi connectivity index (χ0) is 14.8. The maximum atomic E-state index is 12.2. The summed E-state index contributed by atoms with van der Waals surface area (Å²) in [7, 11) is 1.72. The van der Waals surface area contributed by atoms with Gasteiger partial charge in [0.25, 0.3) is 0 Å². The molecule has 0 bridgehead atoms. The molecule has 1 aromatic heterocycles. The summed E-state index contributed by atoms with van der Waals surface area (Å²) in [6.07, 6.45) is 2.17. The molecular weight excluding hydrogens is 276 g/mol. The highest BCUT2D eigenvalue weighted by molar-refractivity contribution is 7.07. The smallest absolute Gasteiger partial charge is 0.317 e. The topological polar surface area (TPSA) is 69.6 Å². The van der Waals surface area contributed by atoms with E-state index >= 15 is 0 Å². The van der Waals surface area contributed by atoms with E-state index in [1.54, 1.807) is 30.2 Å². The molecule has 0 spiro atoms. The lowest BCUT2D eigenvalue weighted by Gasteiger charge is -2.29. The van der Waals surface area contributed by atoms with Crippen molar-refractivity contribution in [3.8, 4) is 0 Å². The first-order valence-electron chi connectivity index (χ1n) is 6.69. The van der Waals surface area contributed by atoms with E-state index in [4.69, 9.17) is 0 Å². The lowest BCUT2D eigenvalue weighted by molar-refractivity contribution is -0.148. The van der Waals surface area contributed by atoms with Crippen LogP contribution in [-0.2, 0) is 11.3 Å². The monoisotopic (exact) mass is 296 g/mol. The summed E-state index contributed by atoms with van der Waals surface area (Å²) in [4.78, 5) is 25.1. The van der Waals surface area contributed by atoms with Gasteiger partial charge >= 0.3 is 12.0 Å². The van der Waals surface area contributed by atoms with Crippen molar-refractivity contribution in [3.63, 3.8) is 0 Å². The van der Waals surface area contributed by atoms with Crippen molar-refractivity contribution in [2.75, 3.05) is 7.05 Å². The first-order valence-corrected chi connectivity index (χ1v) is 7.64. The molecule has 6 heteroatoms. The molecule has 1 aliphatic rings. The molecule has 1 heterocycles. The number of carbonyl (C=O) groups is 2. The Balaban J connectivity index is 1.95. The van der Waals surface area contributed by atoms with Crippen molar-refractivity contribution < 1.29 is 14.7 Å². The van der Waals surface area contributed by atoms with E-state index in [-0.39, 0.29) is 12.1 Å². The predicted molar refractivity (Wildman–Crippen MR) is 77.7 cm³/mol. The average Bonchev–Trinajstić information content (AvgIpc) is 3.01. The Hall–Kier alpha value is -1.56. The van der Waals surface area contributed by atoms with E-state index in [2.05, 4.69) is 5.32 Å². The van der Waals surface area contributed by atoms with Crippen LogP contribution in [0.1, 0.15) is 31.7 Å². The summed E-state index contributed by atoms with van der Waals surface area (Å²) < 4.78 is 0. The maximum absolute atomic E-state index is 12.2. The normalized spacial score (nSPS) is 25.4. The van der Waals surface area contributed by atoms with Crippen molar-refractivity contribution in [2.45, 2.75) is 38.8 Å². The molecule has 20 heavy (non-hydrogen) atoms. The van der Waals surface area contributed by atoms with Gasteiger partial charge in [0, 0.05) is 19.6 Å². The van der Waals surface area contributed by atoms with Crippen LogP contribution in [0.2, 0.25) is 0 Å². The summed E-state index contributed by atoms with van der Waals surface area (Å²) in [5.41, 5.74) is 0.235. The van der Waals surface area contributed by atoms with Gasteiger partial charge in [0.2, 0.25) is 0 Å². The van der Waals surface area contributed by atoms with Crippen molar-refractivity contribution >= 4 is 23.3 Å². The second kappa shape index (κ2) is 5.83. The predicted octanol–water partition coefficient (Wildman–Crippen LogP) is 2.53. The second-order valence-electron chi connectivity index (χ2n) is 5.60. The summed E-state index contributed by atoms with van der Waals surface area (Å²) in [5, 5.41) is 16.2. The molecule has 0 saturated heterocycles. The lowest BCUT2D eigenvalue weighted by Crippen LogP contribution is -2.50. The molecule has 0 aliphatic heterocycles. The molecule has 2 atom stereocenters. The van der Waals surface area contributed by atoms with Crippen LogP contribution in [0.4, 0.5) is 4.79 Å². The van der Waals surface area contributed by atoms with Crippen LogP contribution in [0, 0.1) is 5.41 Å². The van der Waals surface area contributed by atoms with Gasteiger partial charge in [0.05, 0.1) is 5.41 Å². The molecule has 2 amide bonds. The summed E-state index contributed by atoms with van der Waals surface area (Å²) in [5.74, 6) is -0.833. The molecule has 2 unspecified atom stereocenters. The third-order valence-corrected chi connectivity index (χ3v) is 4.82. The van der Waals surface area contributed by atoms with Gasteiger partial charge in [-0.3, -0.25) is 4.79 Å². The van der Waals surface area contributed by atoms with Crippen molar-refractivity contribution in [3.05, 3.63) is 22.4 Å². The van der Waals surface area contributed by atoms with Crippen LogP contribution in [0.5, 0.6) is 0 Å². The lowest BCUT2D eigenvalue weighted by atomic mass is 9.85. The molecule has 1 aromatic rings. The van der Waals surface area contributed by atoms with Crippen LogP contribution < -0.4 is 5.32 Å². The largest absolute Gasteiger partial charge is 0.481 e. The quantitative estimate of drug-likeness (QED) is 0.897. The van der Waals surface area contributed by atoms with Crippen molar-refractivity contribution in [1.82, 2.24) is 10.2 Å². The minimum absolute atomic E-state index is 0.212. The SMILES string of the molecule is CN(Cc1ccsc1)C(=O)NC1CCCC1(C)C(=O)O. The highest BCUT2D eigenvalue weighted by Gasteiger charge is 2.46. The minimum Gasteiger partial charge on any atom is -0.481 e. The van der Waals surface area contributed by atoms with Crippen LogP contribution >= 0.6 is 11.3 Å². The Labute approximate surface area is 122 Å². The number of aliphatic carboxylic acids is 1. The maximum Gasteiger partial charge on any atom is 0.317 e. The van der Waals surface area contributed by atoms with E-state index in [9.17, 15) is 14.7 Å². The van der Waals surface area contributed by atoms with E-state index in [1.165, 1.54) is 0 Å². The number of hydrogen-bond donors (Lipinski definition) is 2. The number of carboxylic acid groups (broad SMARTS) is 1. The second-order valence-corrected chi connectivity index (χ2v) is 6.38. The molecule has 2 N–H and O–H groups in total. The molecule has 110 valence electrons. The molecule has 1 aliphatic carbocycles. The van der Waals surface area contributed by atoms with Gasteiger partial charge < -0.3 is 15.3 Å². The van der Waals surface area contributed by atoms with Crippen LogP contribution in [-0.4, -0.2) is 35.1 Å². The van der Waals surface area contributed by atoms with E-state index < -0.39 is 11.4 Å². The number of hydrogen-bond acceptors (Lipinski definition) is 3. The molecule has 2 rings (SSSR count). The Morgan fingerprint density at radius 2 is 2.35 bits per heavy atom. The number of amides is 2. The van der Waals surface area contributed by atoms with E-state index in [0.717, 1.165) is 18.4 Å². The van der Waals surface area contributed by atoms with Gasteiger partial charge in [-0.15, -0.1) is 0 Å². The van der Waals surface area contributed by atoms with Crippen LogP contribution in [0.3, 0.4) is 0 Å². The van der Waals surface area contributed by atoms with Crippen molar-refractivity contribution in [1.29, 1.82) is 0 Å². The molecule has 5 nitrogen and oxygen atoms in total. The number of rotatable bonds is 4. The van der Waals surface area contributed by atoms with Crippen molar-refractivity contribution in [2.24, 2.45) is 5.41 Å². The van der Waals surface area contributed by atoms with E-state index in [1.807, 2.05) is 16.8 Å². The number of carbonyl (C=O) groups excluding carboxylic acids is 1. The summed E-state index contributed by atoms with van der Waals surface area (Å²) >= 11 is 1.59.